The molecule has 0 atom stereocenters. The Morgan fingerprint density at radius 2 is 1.83 bits per heavy atom. The summed E-state index contributed by atoms with van der Waals surface area (Å²) in [6.07, 6.45) is 2.52. The molecule has 0 amide bonds. The maximum absolute atomic E-state index is 12.5. The Bertz CT molecular complexity index is 362. The zero-order valence-electron chi connectivity index (χ0n) is 11.8. The Morgan fingerprint density at radius 3 is 2.22 bits per heavy atom. The van der Waals surface area contributed by atoms with Crippen LogP contribution in [0.25, 0.3) is 0 Å². The Morgan fingerprint density at radius 1 is 1.33 bits per heavy atom. The lowest BCUT2D eigenvalue weighted by Crippen LogP contribution is -2.52. The van der Waals surface area contributed by atoms with Gasteiger partial charge in [-0.25, -0.2) is 0 Å². The molecular formula is C12H25ClN2O2S. The summed E-state index contributed by atoms with van der Waals surface area (Å²) < 4.78 is 28.1. The van der Waals surface area contributed by atoms with Crippen molar-refractivity contribution in [3.8, 4) is 0 Å². The number of hydrogen-bond acceptors (Lipinski definition) is 2. The van der Waals surface area contributed by atoms with Crippen LogP contribution in [0.4, 0.5) is 0 Å². The average Bonchev–Trinajstić information content (AvgIpc) is 2.37. The largest absolute Gasteiger partial charge is 0.282 e. The fourth-order valence-corrected chi connectivity index (χ4v) is 4.08. The highest BCUT2D eigenvalue weighted by Gasteiger charge is 2.37. The Hall–Kier alpha value is 0.160. The van der Waals surface area contributed by atoms with Gasteiger partial charge in [0, 0.05) is 31.6 Å². The van der Waals surface area contributed by atoms with Gasteiger partial charge in [0.2, 0.25) is 0 Å². The van der Waals surface area contributed by atoms with E-state index in [0.717, 1.165) is 19.3 Å². The first-order valence-electron chi connectivity index (χ1n) is 6.55. The Labute approximate surface area is 116 Å². The van der Waals surface area contributed by atoms with E-state index in [1.54, 1.807) is 11.4 Å². The number of piperidine rings is 1. The van der Waals surface area contributed by atoms with Crippen LogP contribution in [0.2, 0.25) is 0 Å². The first kappa shape index (κ1) is 16.2. The Kier molecular flexibility index (Phi) is 5.47. The van der Waals surface area contributed by atoms with Crippen molar-refractivity contribution in [1.82, 2.24) is 8.61 Å². The number of rotatable bonds is 5. The first-order valence-corrected chi connectivity index (χ1v) is 8.49. The van der Waals surface area contributed by atoms with Crippen molar-refractivity contribution in [2.45, 2.75) is 45.6 Å². The molecule has 18 heavy (non-hydrogen) atoms. The molecule has 0 aliphatic carbocycles. The minimum atomic E-state index is -3.34. The Balaban J connectivity index is 2.76. The summed E-state index contributed by atoms with van der Waals surface area (Å²) in [4.78, 5) is 0. The van der Waals surface area contributed by atoms with E-state index in [1.165, 1.54) is 4.31 Å². The zero-order chi connectivity index (χ0) is 14.0. The number of halogens is 1. The van der Waals surface area contributed by atoms with E-state index in [0.29, 0.717) is 24.9 Å². The van der Waals surface area contributed by atoms with Gasteiger partial charge in [0.05, 0.1) is 0 Å². The molecule has 0 bridgehead atoms. The van der Waals surface area contributed by atoms with Crippen molar-refractivity contribution in [3.63, 3.8) is 0 Å². The van der Waals surface area contributed by atoms with Crippen LogP contribution in [0.3, 0.4) is 0 Å². The first-order chi connectivity index (χ1) is 8.25. The molecule has 0 aromatic heterocycles. The van der Waals surface area contributed by atoms with E-state index >= 15 is 0 Å². The summed E-state index contributed by atoms with van der Waals surface area (Å²) in [5.74, 6) is 1.09. The lowest BCUT2D eigenvalue weighted by molar-refractivity contribution is 0.216. The zero-order valence-corrected chi connectivity index (χ0v) is 13.4. The van der Waals surface area contributed by atoms with Gasteiger partial charge in [0.25, 0.3) is 10.2 Å². The quantitative estimate of drug-likeness (QED) is 0.731. The SMILES string of the molecule is CCC(C)(C)N(C)S(=O)(=O)N1CCC(CCl)CC1. The molecule has 0 saturated carbocycles. The minimum absolute atomic E-state index is 0.345. The maximum atomic E-state index is 12.5. The third-order valence-corrected chi connectivity index (χ3v) is 6.82. The molecule has 1 fully saturated rings. The lowest BCUT2D eigenvalue weighted by atomic mass is 10.0. The molecule has 0 radical (unpaired) electrons. The van der Waals surface area contributed by atoms with Gasteiger partial charge in [-0.3, -0.25) is 0 Å². The fourth-order valence-electron chi connectivity index (χ4n) is 2.00. The third-order valence-electron chi connectivity index (χ3n) is 4.18. The fraction of sp³-hybridized carbons (Fsp3) is 1.00. The minimum Gasteiger partial charge on any atom is -0.195 e. The predicted octanol–water partition coefficient (Wildman–Crippen LogP) is 2.30. The second kappa shape index (κ2) is 6.07. The number of nitrogens with zero attached hydrogens (tertiary/aromatic N) is 2. The molecular weight excluding hydrogens is 272 g/mol. The molecule has 4 nitrogen and oxygen atoms in total. The number of hydrogen-bond donors (Lipinski definition) is 0. The van der Waals surface area contributed by atoms with Gasteiger partial charge in [0.1, 0.15) is 0 Å². The van der Waals surface area contributed by atoms with Crippen LogP contribution in [-0.2, 0) is 10.2 Å². The summed E-state index contributed by atoms with van der Waals surface area (Å²) in [5, 5.41) is 0. The van der Waals surface area contributed by atoms with E-state index in [-0.39, 0.29) is 5.54 Å². The molecule has 6 heteroatoms. The van der Waals surface area contributed by atoms with E-state index in [9.17, 15) is 8.42 Å². The van der Waals surface area contributed by atoms with E-state index in [2.05, 4.69) is 0 Å². The second-order valence-electron chi connectivity index (χ2n) is 5.64. The van der Waals surface area contributed by atoms with Crippen LogP contribution >= 0.6 is 11.6 Å². The smallest absolute Gasteiger partial charge is 0.195 e. The van der Waals surface area contributed by atoms with Crippen molar-refractivity contribution in [2.75, 3.05) is 26.0 Å². The second-order valence-corrected chi connectivity index (χ2v) is 7.91. The van der Waals surface area contributed by atoms with E-state index < -0.39 is 10.2 Å². The van der Waals surface area contributed by atoms with Gasteiger partial charge < -0.3 is 0 Å². The molecule has 1 aliphatic rings. The molecule has 108 valence electrons. The topological polar surface area (TPSA) is 40.6 Å². The van der Waals surface area contributed by atoms with Crippen LogP contribution in [0.5, 0.6) is 0 Å². The van der Waals surface area contributed by atoms with Crippen molar-refractivity contribution in [3.05, 3.63) is 0 Å². The van der Waals surface area contributed by atoms with Crippen molar-refractivity contribution in [1.29, 1.82) is 0 Å². The molecule has 0 N–H and O–H groups in total. The highest BCUT2D eigenvalue weighted by molar-refractivity contribution is 7.86. The van der Waals surface area contributed by atoms with Crippen LogP contribution in [0.1, 0.15) is 40.0 Å². The predicted molar refractivity (Wildman–Crippen MR) is 76.1 cm³/mol. The summed E-state index contributed by atoms with van der Waals surface area (Å²) >= 11 is 5.82. The van der Waals surface area contributed by atoms with Gasteiger partial charge >= 0.3 is 0 Å². The van der Waals surface area contributed by atoms with Crippen LogP contribution < -0.4 is 0 Å². The summed E-state index contributed by atoms with van der Waals surface area (Å²) in [7, 11) is -1.67. The van der Waals surface area contributed by atoms with Gasteiger partial charge in [-0.05, 0) is 39.0 Å². The van der Waals surface area contributed by atoms with Gasteiger partial charge in [0.15, 0.2) is 0 Å². The van der Waals surface area contributed by atoms with Gasteiger partial charge in [-0.1, -0.05) is 6.92 Å². The normalized spacial score (nSPS) is 20.6. The third kappa shape index (κ3) is 3.38. The van der Waals surface area contributed by atoms with Gasteiger partial charge in [-0.15, -0.1) is 11.6 Å². The maximum Gasteiger partial charge on any atom is 0.282 e. The standard InChI is InChI=1S/C12H25ClN2O2S/c1-5-12(2,3)14(4)18(16,17)15-8-6-11(10-13)7-9-15/h11H,5-10H2,1-4H3. The molecule has 0 aromatic rings. The summed E-state index contributed by atoms with van der Waals surface area (Å²) in [5.41, 5.74) is -0.345. The molecule has 1 saturated heterocycles. The molecule has 0 unspecified atom stereocenters. The van der Waals surface area contributed by atoms with Crippen molar-refractivity contribution < 1.29 is 8.42 Å². The van der Waals surface area contributed by atoms with Crippen molar-refractivity contribution in [2.24, 2.45) is 5.92 Å². The summed E-state index contributed by atoms with van der Waals surface area (Å²) in [6, 6.07) is 0. The monoisotopic (exact) mass is 296 g/mol. The highest BCUT2D eigenvalue weighted by Crippen LogP contribution is 2.26. The number of alkyl halides is 1. The van der Waals surface area contributed by atoms with E-state index in [4.69, 9.17) is 11.6 Å². The van der Waals surface area contributed by atoms with Crippen LogP contribution in [-0.4, -0.2) is 48.6 Å². The summed E-state index contributed by atoms with van der Waals surface area (Å²) in [6.45, 7) is 7.09. The average molecular weight is 297 g/mol. The molecule has 0 spiro atoms. The van der Waals surface area contributed by atoms with Crippen LogP contribution in [0.15, 0.2) is 0 Å². The highest BCUT2D eigenvalue weighted by atomic mass is 35.5. The van der Waals surface area contributed by atoms with Gasteiger partial charge in [-0.2, -0.15) is 17.0 Å². The molecule has 1 aliphatic heterocycles. The lowest BCUT2D eigenvalue weighted by Gasteiger charge is -2.39. The van der Waals surface area contributed by atoms with E-state index in [1.807, 2.05) is 20.8 Å². The molecule has 0 aromatic carbocycles. The van der Waals surface area contributed by atoms with Crippen molar-refractivity contribution >= 4 is 21.8 Å². The molecule has 1 rings (SSSR count). The van der Waals surface area contributed by atoms with Crippen LogP contribution in [0, 0.1) is 5.92 Å². The molecule has 1 heterocycles.